The van der Waals surface area contributed by atoms with Gasteiger partial charge in [-0.25, -0.2) is 4.98 Å². The minimum atomic E-state index is -0.248. The molecular weight excluding hydrogens is 402 g/mol. The van der Waals surface area contributed by atoms with Gasteiger partial charge < -0.3 is 15.2 Å². The quantitative estimate of drug-likeness (QED) is 0.451. The van der Waals surface area contributed by atoms with E-state index in [1.54, 1.807) is 6.20 Å². The zero-order chi connectivity index (χ0) is 22.2. The van der Waals surface area contributed by atoms with Gasteiger partial charge in [0.2, 0.25) is 0 Å². The van der Waals surface area contributed by atoms with Crippen LogP contribution in [-0.4, -0.2) is 39.2 Å². The summed E-state index contributed by atoms with van der Waals surface area (Å²) < 4.78 is 0. The molecule has 1 amide bonds. The maximum Gasteiger partial charge on any atom is 0.273 e. The summed E-state index contributed by atoms with van der Waals surface area (Å²) in [6.45, 7) is 5.67. The normalized spacial score (nSPS) is 13.5. The van der Waals surface area contributed by atoms with Crippen molar-refractivity contribution in [3.8, 4) is 17.3 Å². The summed E-state index contributed by atoms with van der Waals surface area (Å²) >= 11 is 0. The molecule has 0 spiro atoms. The molecule has 0 unspecified atom stereocenters. The van der Waals surface area contributed by atoms with Crippen LogP contribution in [-0.2, 0) is 0 Å². The van der Waals surface area contributed by atoms with E-state index in [1.807, 2.05) is 38.1 Å². The Kier molecular flexibility index (Phi) is 4.86. The van der Waals surface area contributed by atoms with Gasteiger partial charge in [0.25, 0.3) is 5.91 Å². The second-order valence-corrected chi connectivity index (χ2v) is 8.15. The van der Waals surface area contributed by atoms with Gasteiger partial charge in [-0.05, 0) is 51.0 Å². The number of fused-ring (bicyclic) bond motifs is 1. The molecule has 0 saturated carbocycles. The minimum absolute atomic E-state index is 0.248. The zero-order valence-electron chi connectivity index (χ0n) is 18.0. The molecule has 3 aromatic heterocycles. The number of aromatic amines is 2. The molecule has 0 atom stereocenters. The molecule has 4 aromatic rings. The van der Waals surface area contributed by atoms with E-state index < -0.39 is 0 Å². The lowest BCUT2D eigenvalue weighted by molar-refractivity contribution is 0.102. The zero-order valence-corrected chi connectivity index (χ0v) is 18.0. The summed E-state index contributed by atoms with van der Waals surface area (Å²) in [4.78, 5) is 22.7. The van der Waals surface area contributed by atoms with E-state index in [0.717, 1.165) is 65.2 Å². The molecule has 5 rings (SSSR count). The number of aromatic nitrogens is 4. The molecule has 3 N–H and O–H groups in total. The largest absolute Gasteiger partial charge is 0.370 e. The van der Waals surface area contributed by atoms with Crippen LogP contribution in [0.3, 0.4) is 0 Å². The predicted molar refractivity (Wildman–Crippen MR) is 124 cm³/mol. The summed E-state index contributed by atoms with van der Waals surface area (Å²) in [5.74, 6) is -0.248. The lowest BCUT2D eigenvalue weighted by Crippen LogP contribution is -2.18. The second-order valence-electron chi connectivity index (χ2n) is 8.15. The first-order valence-electron chi connectivity index (χ1n) is 10.6. The second kappa shape index (κ2) is 7.85. The fraction of sp³-hybridized carbons (Fsp3) is 0.250. The number of carbonyl (C=O) groups is 1. The Morgan fingerprint density at radius 2 is 2.00 bits per heavy atom. The molecule has 160 valence electrons. The summed E-state index contributed by atoms with van der Waals surface area (Å²) in [6, 6.07) is 12.1. The van der Waals surface area contributed by atoms with Gasteiger partial charge in [-0.2, -0.15) is 10.4 Å². The molecular formula is C24H23N7O. The average molecular weight is 425 g/mol. The number of nitrogens with zero attached hydrogens (tertiary/aromatic N) is 4. The number of aryl methyl sites for hydroxylation is 1. The van der Waals surface area contributed by atoms with E-state index in [9.17, 15) is 10.1 Å². The molecule has 0 aliphatic carbocycles. The molecule has 0 radical (unpaired) electrons. The maximum absolute atomic E-state index is 12.6. The van der Waals surface area contributed by atoms with Crippen LogP contribution in [0.5, 0.6) is 0 Å². The highest BCUT2D eigenvalue weighted by Crippen LogP contribution is 2.31. The Morgan fingerprint density at radius 1 is 1.19 bits per heavy atom. The molecule has 1 aromatic carbocycles. The van der Waals surface area contributed by atoms with E-state index in [2.05, 4.69) is 42.5 Å². The topological polar surface area (TPSA) is 113 Å². The van der Waals surface area contributed by atoms with E-state index in [-0.39, 0.29) is 5.91 Å². The number of carbonyl (C=O) groups excluding carboxylic acids is 1. The number of hydrogen-bond acceptors (Lipinski definition) is 5. The van der Waals surface area contributed by atoms with Crippen molar-refractivity contribution < 1.29 is 4.79 Å². The van der Waals surface area contributed by atoms with E-state index >= 15 is 0 Å². The van der Waals surface area contributed by atoms with Crippen molar-refractivity contribution in [1.82, 2.24) is 20.2 Å². The molecule has 8 heteroatoms. The Morgan fingerprint density at radius 3 is 2.72 bits per heavy atom. The first-order chi connectivity index (χ1) is 15.5. The van der Waals surface area contributed by atoms with Crippen LogP contribution >= 0.6 is 0 Å². The van der Waals surface area contributed by atoms with Crippen LogP contribution in [0.4, 0.5) is 11.4 Å². The van der Waals surface area contributed by atoms with Crippen LogP contribution in [0.25, 0.3) is 22.3 Å². The van der Waals surface area contributed by atoms with Crippen LogP contribution in [0.2, 0.25) is 0 Å². The monoisotopic (exact) mass is 425 g/mol. The molecule has 1 fully saturated rings. The summed E-state index contributed by atoms with van der Waals surface area (Å²) in [6.07, 6.45) is 3.93. The molecule has 1 aliphatic rings. The molecule has 0 bridgehead atoms. The van der Waals surface area contributed by atoms with Crippen LogP contribution in [0, 0.1) is 25.2 Å². The highest BCUT2D eigenvalue weighted by atomic mass is 16.1. The number of anilines is 2. The predicted octanol–water partition coefficient (Wildman–Crippen LogP) is 4.29. The summed E-state index contributed by atoms with van der Waals surface area (Å²) in [5.41, 5.74) is 7.01. The summed E-state index contributed by atoms with van der Waals surface area (Å²) in [5, 5.41) is 20.2. The first-order valence-corrected chi connectivity index (χ1v) is 10.6. The van der Waals surface area contributed by atoms with Crippen LogP contribution in [0.1, 0.15) is 40.2 Å². The van der Waals surface area contributed by atoms with Crippen molar-refractivity contribution in [2.24, 2.45) is 0 Å². The third-order valence-electron chi connectivity index (χ3n) is 6.08. The van der Waals surface area contributed by atoms with Gasteiger partial charge in [0, 0.05) is 35.3 Å². The number of amides is 1. The van der Waals surface area contributed by atoms with Gasteiger partial charge in [-0.3, -0.25) is 9.89 Å². The van der Waals surface area contributed by atoms with Crippen molar-refractivity contribution in [2.45, 2.75) is 26.7 Å². The highest BCUT2D eigenvalue weighted by Gasteiger charge is 2.18. The standard InChI is InChI=1S/C24H23N7O/c1-14-15(2)29-30-22(14)24(32)27-19-9-18-10-20(28-23(18)26-13-19)16-5-6-17(12-25)21(11-16)31-7-3-4-8-31/h5-6,9-11,13H,3-4,7-8H2,1-2H3,(H,26,28)(H,27,32)(H,29,30). The van der Waals surface area contributed by atoms with Crippen molar-refractivity contribution >= 4 is 28.3 Å². The number of nitrogens with one attached hydrogen (secondary N) is 3. The van der Waals surface area contributed by atoms with Gasteiger partial charge >= 0.3 is 0 Å². The number of benzene rings is 1. The molecule has 1 saturated heterocycles. The minimum Gasteiger partial charge on any atom is -0.370 e. The van der Waals surface area contributed by atoms with E-state index in [1.165, 1.54) is 0 Å². The fourth-order valence-corrected chi connectivity index (χ4v) is 4.16. The number of hydrogen-bond donors (Lipinski definition) is 3. The van der Waals surface area contributed by atoms with Crippen LogP contribution in [0.15, 0.2) is 36.5 Å². The molecule has 8 nitrogen and oxygen atoms in total. The number of H-pyrrole nitrogens is 2. The Bertz CT molecular complexity index is 1370. The molecule has 32 heavy (non-hydrogen) atoms. The third kappa shape index (κ3) is 3.48. The Hall–Kier alpha value is -4.12. The van der Waals surface area contributed by atoms with Crippen molar-refractivity contribution in [3.63, 3.8) is 0 Å². The van der Waals surface area contributed by atoms with Gasteiger partial charge in [0.05, 0.1) is 28.8 Å². The number of rotatable bonds is 4. The fourth-order valence-electron chi connectivity index (χ4n) is 4.16. The average Bonchev–Trinajstić information content (AvgIpc) is 3.54. The highest BCUT2D eigenvalue weighted by molar-refractivity contribution is 6.04. The van der Waals surface area contributed by atoms with Crippen LogP contribution < -0.4 is 10.2 Å². The lowest BCUT2D eigenvalue weighted by Gasteiger charge is -2.19. The van der Waals surface area contributed by atoms with Gasteiger partial charge in [-0.1, -0.05) is 6.07 Å². The van der Waals surface area contributed by atoms with Crippen molar-refractivity contribution in [1.29, 1.82) is 5.26 Å². The number of nitriles is 1. The van der Waals surface area contributed by atoms with Crippen molar-refractivity contribution in [3.05, 3.63) is 59.0 Å². The smallest absolute Gasteiger partial charge is 0.273 e. The first kappa shape index (κ1) is 19.8. The van der Waals surface area contributed by atoms with Gasteiger partial charge in [0.15, 0.2) is 0 Å². The summed E-state index contributed by atoms with van der Waals surface area (Å²) in [7, 11) is 0. The Labute approximate surface area is 185 Å². The van der Waals surface area contributed by atoms with Gasteiger partial charge in [0.1, 0.15) is 17.4 Å². The van der Waals surface area contributed by atoms with E-state index in [0.29, 0.717) is 16.9 Å². The molecule has 4 heterocycles. The third-order valence-corrected chi connectivity index (χ3v) is 6.08. The molecule has 1 aliphatic heterocycles. The Balaban J connectivity index is 1.44. The van der Waals surface area contributed by atoms with E-state index in [4.69, 9.17) is 0 Å². The number of pyridine rings is 1. The van der Waals surface area contributed by atoms with Crippen molar-refractivity contribution in [2.75, 3.05) is 23.3 Å². The lowest BCUT2D eigenvalue weighted by atomic mass is 10.1. The van der Waals surface area contributed by atoms with Gasteiger partial charge in [-0.15, -0.1) is 0 Å². The maximum atomic E-state index is 12.6. The SMILES string of the molecule is Cc1n[nH]c(C(=O)Nc2cnc3[nH]c(-c4ccc(C#N)c(N5CCCC5)c4)cc3c2)c1C.